The van der Waals surface area contributed by atoms with Crippen LogP contribution in [0.5, 0.6) is 5.75 Å². The molecule has 1 heterocycles. The first kappa shape index (κ1) is 20.0. The molecule has 3 rings (SSSR count). The zero-order valence-corrected chi connectivity index (χ0v) is 16.2. The number of ether oxygens (including phenoxy) is 1. The van der Waals surface area contributed by atoms with Gasteiger partial charge in [-0.1, -0.05) is 30.3 Å². The van der Waals surface area contributed by atoms with Crippen molar-refractivity contribution in [3.05, 3.63) is 70.9 Å². The van der Waals surface area contributed by atoms with E-state index in [0.29, 0.717) is 0 Å². The molecule has 0 spiro atoms. The molecule has 0 bridgehead atoms. The summed E-state index contributed by atoms with van der Waals surface area (Å²) < 4.78 is 45.0. The Hall–Kier alpha value is -2.71. The van der Waals surface area contributed by atoms with Crippen molar-refractivity contribution < 1.29 is 22.3 Å². The van der Waals surface area contributed by atoms with Crippen LogP contribution in [-0.4, -0.2) is 56.8 Å². The fraction of sp³-hybridized carbons (Fsp3) is 0.250. The molecule has 0 unspecified atom stereocenters. The van der Waals surface area contributed by atoms with Gasteiger partial charge in [0.05, 0.1) is 12.7 Å². The average Bonchev–Trinajstić information content (AvgIpc) is 2.72. The molecule has 148 valence electrons. The van der Waals surface area contributed by atoms with Gasteiger partial charge < -0.3 is 9.64 Å². The number of piperazine rings is 1. The van der Waals surface area contributed by atoms with Gasteiger partial charge in [0.1, 0.15) is 11.6 Å². The summed E-state index contributed by atoms with van der Waals surface area (Å²) >= 11 is 0. The molecule has 1 saturated heterocycles. The number of amides is 1. The molecule has 8 heteroatoms. The normalized spacial score (nSPS) is 15.7. The highest BCUT2D eigenvalue weighted by Crippen LogP contribution is 2.22. The molecule has 28 heavy (non-hydrogen) atoms. The Balaban J connectivity index is 1.66. The lowest BCUT2D eigenvalue weighted by Crippen LogP contribution is -2.50. The smallest absolute Gasteiger partial charge is 0.257 e. The van der Waals surface area contributed by atoms with Crippen molar-refractivity contribution in [2.75, 3.05) is 33.3 Å². The quantitative estimate of drug-likeness (QED) is 0.768. The molecular formula is C20H21FN2O4S. The number of hydrogen-bond acceptors (Lipinski definition) is 4. The van der Waals surface area contributed by atoms with Crippen LogP contribution < -0.4 is 4.74 Å². The van der Waals surface area contributed by atoms with Gasteiger partial charge in [-0.2, -0.15) is 4.31 Å². The molecule has 0 saturated carbocycles. The van der Waals surface area contributed by atoms with Crippen molar-refractivity contribution >= 4 is 22.0 Å². The molecule has 1 aliphatic heterocycles. The number of halogens is 1. The number of carbonyl (C=O) groups excluding carboxylic acids is 1. The number of benzene rings is 2. The van der Waals surface area contributed by atoms with E-state index in [2.05, 4.69) is 0 Å². The standard InChI is InChI=1S/C20H21FN2O4S/c1-27-19-8-7-17(21)15-18(19)20(24)22-10-12-23(13-11-22)28(25,26)14-9-16-5-3-2-4-6-16/h2-9,14-15H,10-13H2,1H3/b14-9+. The second-order valence-corrected chi connectivity index (χ2v) is 8.11. The molecule has 6 nitrogen and oxygen atoms in total. The summed E-state index contributed by atoms with van der Waals surface area (Å²) in [6.07, 6.45) is 1.55. The van der Waals surface area contributed by atoms with Gasteiger partial charge in [-0.15, -0.1) is 0 Å². The number of hydrogen-bond donors (Lipinski definition) is 0. The van der Waals surface area contributed by atoms with E-state index in [-0.39, 0.29) is 43.4 Å². The summed E-state index contributed by atoms with van der Waals surface area (Å²) in [6.45, 7) is 0.781. The van der Waals surface area contributed by atoms with Gasteiger partial charge in [0.25, 0.3) is 5.91 Å². The van der Waals surface area contributed by atoms with Crippen LogP contribution in [0.4, 0.5) is 4.39 Å². The van der Waals surface area contributed by atoms with Crippen molar-refractivity contribution in [1.29, 1.82) is 0 Å². The molecule has 1 amide bonds. The van der Waals surface area contributed by atoms with Crippen LogP contribution in [0.2, 0.25) is 0 Å². The minimum atomic E-state index is -3.58. The Morgan fingerprint density at radius 2 is 1.75 bits per heavy atom. The Morgan fingerprint density at radius 1 is 1.07 bits per heavy atom. The van der Waals surface area contributed by atoms with Crippen LogP contribution in [0.25, 0.3) is 6.08 Å². The largest absolute Gasteiger partial charge is 0.496 e. The molecule has 0 aromatic heterocycles. The fourth-order valence-electron chi connectivity index (χ4n) is 2.98. The van der Waals surface area contributed by atoms with Crippen molar-refractivity contribution in [1.82, 2.24) is 9.21 Å². The third kappa shape index (κ3) is 4.58. The number of carbonyl (C=O) groups is 1. The first-order chi connectivity index (χ1) is 13.4. The first-order valence-corrected chi connectivity index (χ1v) is 10.3. The summed E-state index contributed by atoms with van der Waals surface area (Å²) in [6, 6.07) is 12.9. The third-order valence-corrected chi connectivity index (χ3v) is 6.07. The second-order valence-electron chi connectivity index (χ2n) is 6.29. The Kier molecular flexibility index (Phi) is 6.11. The molecule has 2 aromatic carbocycles. The Morgan fingerprint density at radius 3 is 2.39 bits per heavy atom. The van der Waals surface area contributed by atoms with Crippen molar-refractivity contribution in [3.8, 4) is 5.75 Å². The predicted octanol–water partition coefficient (Wildman–Crippen LogP) is 2.59. The van der Waals surface area contributed by atoms with Gasteiger partial charge in [0, 0.05) is 31.6 Å². The van der Waals surface area contributed by atoms with E-state index in [0.717, 1.165) is 11.6 Å². The van der Waals surface area contributed by atoms with E-state index in [9.17, 15) is 17.6 Å². The SMILES string of the molecule is COc1ccc(F)cc1C(=O)N1CCN(S(=O)(=O)/C=C/c2ccccc2)CC1. The Bertz CT molecular complexity index is 969. The summed E-state index contributed by atoms with van der Waals surface area (Å²) in [5, 5.41) is 1.18. The minimum Gasteiger partial charge on any atom is -0.496 e. The molecule has 0 atom stereocenters. The minimum absolute atomic E-state index is 0.128. The van der Waals surface area contributed by atoms with Crippen molar-refractivity contribution in [2.24, 2.45) is 0 Å². The maximum Gasteiger partial charge on any atom is 0.257 e. The number of rotatable bonds is 5. The molecule has 0 radical (unpaired) electrons. The van der Waals surface area contributed by atoms with E-state index in [1.165, 1.54) is 33.9 Å². The lowest BCUT2D eigenvalue weighted by Gasteiger charge is -2.33. The zero-order chi connectivity index (χ0) is 20.1. The highest BCUT2D eigenvalue weighted by Gasteiger charge is 2.29. The van der Waals surface area contributed by atoms with Crippen molar-refractivity contribution in [3.63, 3.8) is 0 Å². The lowest BCUT2D eigenvalue weighted by molar-refractivity contribution is 0.0694. The van der Waals surface area contributed by atoms with Crippen molar-refractivity contribution in [2.45, 2.75) is 0 Å². The summed E-state index contributed by atoms with van der Waals surface area (Å²) in [7, 11) is -2.17. The van der Waals surface area contributed by atoms with Crippen LogP contribution in [0, 0.1) is 5.82 Å². The monoisotopic (exact) mass is 404 g/mol. The maximum atomic E-state index is 13.5. The zero-order valence-electron chi connectivity index (χ0n) is 15.4. The average molecular weight is 404 g/mol. The van der Waals surface area contributed by atoms with Crippen LogP contribution in [0.15, 0.2) is 53.9 Å². The Labute approximate surface area is 163 Å². The second kappa shape index (κ2) is 8.53. The molecule has 2 aromatic rings. The van der Waals surface area contributed by atoms with Gasteiger partial charge >= 0.3 is 0 Å². The molecule has 1 aliphatic rings. The van der Waals surface area contributed by atoms with E-state index >= 15 is 0 Å². The first-order valence-electron chi connectivity index (χ1n) is 8.77. The van der Waals surface area contributed by atoms with E-state index in [1.54, 1.807) is 6.08 Å². The van der Waals surface area contributed by atoms with Crippen LogP contribution in [0.3, 0.4) is 0 Å². The highest BCUT2D eigenvalue weighted by atomic mass is 32.2. The number of sulfonamides is 1. The van der Waals surface area contributed by atoms with E-state index in [1.807, 2.05) is 30.3 Å². The molecule has 1 fully saturated rings. The van der Waals surface area contributed by atoms with Gasteiger partial charge in [-0.25, -0.2) is 12.8 Å². The van der Waals surface area contributed by atoms with Gasteiger partial charge in [0.15, 0.2) is 0 Å². The summed E-state index contributed by atoms with van der Waals surface area (Å²) in [4.78, 5) is 14.2. The van der Waals surface area contributed by atoms with Crippen LogP contribution in [0.1, 0.15) is 15.9 Å². The van der Waals surface area contributed by atoms with Gasteiger partial charge in [-0.05, 0) is 29.8 Å². The fourth-order valence-corrected chi connectivity index (χ4v) is 4.15. The van der Waals surface area contributed by atoms with Gasteiger partial charge in [-0.3, -0.25) is 4.79 Å². The number of nitrogens with zero attached hydrogens (tertiary/aromatic N) is 2. The lowest BCUT2D eigenvalue weighted by atomic mass is 10.1. The summed E-state index contributed by atoms with van der Waals surface area (Å²) in [5.74, 6) is -0.628. The van der Waals surface area contributed by atoms with E-state index in [4.69, 9.17) is 4.74 Å². The topological polar surface area (TPSA) is 66.9 Å². The predicted molar refractivity (Wildman–Crippen MR) is 105 cm³/mol. The highest BCUT2D eigenvalue weighted by molar-refractivity contribution is 7.92. The number of methoxy groups -OCH3 is 1. The summed E-state index contributed by atoms with van der Waals surface area (Å²) in [5.41, 5.74) is 0.917. The third-order valence-electron chi connectivity index (χ3n) is 4.51. The maximum absolute atomic E-state index is 13.5. The molecule has 0 N–H and O–H groups in total. The molecule has 0 aliphatic carbocycles. The van der Waals surface area contributed by atoms with E-state index < -0.39 is 15.8 Å². The molecular weight excluding hydrogens is 383 g/mol. The van der Waals surface area contributed by atoms with Crippen LogP contribution >= 0.6 is 0 Å². The van der Waals surface area contributed by atoms with Gasteiger partial charge in [0.2, 0.25) is 10.0 Å². The van der Waals surface area contributed by atoms with Crippen LogP contribution in [-0.2, 0) is 10.0 Å².